The smallest absolute Gasteiger partial charge is 0.338 e. The molecule has 10 heteroatoms. The van der Waals surface area contributed by atoms with Crippen LogP contribution in [-0.2, 0) is 20.7 Å². The highest BCUT2D eigenvalue weighted by Crippen LogP contribution is 2.34. The number of imide groups is 2. The Balaban J connectivity index is 1.67. The Labute approximate surface area is 238 Å². The first-order chi connectivity index (χ1) is 18.7. The van der Waals surface area contributed by atoms with Crippen LogP contribution in [0.2, 0.25) is 5.02 Å². The summed E-state index contributed by atoms with van der Waals surface area (Å²) in [6.07, 6.45) is 1.86. The van der Waals surface area contributed by atoms with Gasteiger partial charge < -0.3 is 9.47 Å². The van der Waals surface area contributed by atoms with Gasteiger partial charge in [0.05, 0.1) is 24.5 Å². The van der Waals surface area contributed by atoms with Crippen molar-refractivity contribution in [1.82, 2.24) is 5.32 Å². The Morgan fingerprint density at radius 3 is 2.41 bits per heavy atom. The van der Waals surface area contributed by atoms with Crippen molar-refractivity contribution in [1.29, 1.82) is 0 Å². The summed E-state index contributed by atoms with van der Waals surface area (Å²) in [5, 5.41) is 2.59. The summed E-state index contributed by atoms with van der Waals surface area (Å²) in [5.41, 5.74) is 2.40. The van der Waals surface area contributed by atoms with E-state index in [9.17, 15) is 19.2 Å². The van der Waals surface area contributed by atoms with E-state index in [1.54, 1.807) is 19.1 Å². The molecule has 1 N–H and O–H groups in total. The molecule has 200 valence electrons. The molecule has 0 radical (unpaired) electrons. The van der Waals surface area contributed by atoms with E-state index in [1.165, 1.54) is 30.3 Å². The Morgan fingerprint density at radius 1 is 1.03 bits per heavy atom. The third kappa shape index (κ3) is 6.21. The Morgan fingerprint density at radius 2 is 1.74 bits per heavy atom. The highest BCUT2D eigenvalue weighted by Gasteiger charge is 2.37. The number of urea groups is 1. The summed E-state index contributed by atoms with van der Waals surface area (Å²) in [4.78, 5) is 51.4. The van der Waals surface area contributed by atoms with Crippen LogP contribution in [0.25, 0.3) is 6.08 Å². The number of nitrogens with zero attached hydrogens (tertiary/aromatic N) is 1. The van der Waals surface area contributed by atoms with Gasteiger partial charge in [-0.2, -0.15) is 0 Å². The molecule has 1 aliphatic rings. The third-order valence-corrected chi connectivity index (χ3v) is 6.96. The number of nitrogens with one attached hydrogen (secondary N) is 1. The molecule has 3 aromatic carbocycles. The molecular weight excluding hydrogens is 588 g/mol. The molecule has 4 rings (SSSR count). The van der Waals surface area contributed by atoms with E-state index in [0.29, 0.717) is 29.4 Å². The minimum absolute atomic E-state index is 0.181. The number of hydrogen-bond acceptors (Lipinski definition) is 6. The van der Waals surface area contributed by atoms with E-state index in [-0.39, 0.29) is 23.4 Å². The maximum atomic E-state index is 13.3. The van der Waals surface area contributed by atoms with Crippen LogP contribution in [0.4, 0.5) is 10.5 Å². The van der Waals surface area contributed by atoms with Crippen molar-refractivity contribution in [2.24, 2.45) is 0 Å². The van der Waals surface area contributed by atoms with E-state index in [2.05, 4.69) is 21.2 Å². The van der Waals surface area contributed by atoms with E-state index in [0.717, 1.165) is 20.5 Å². The quantitative estimate of drug-likeness (QED) is 0.192. The summed E-state index contributed by atoms with van der Waals surface area (Å²) in [7, 11) is 0. The second-order valence-electron chi connectivity index (χ2n) is 8.41. The zero-order valence-electron chi connectivity index (χ0n) is 21.1. The summed E-state index contributed by atoms with van der Waals surface area (Å²) < 4.78 is 11.7. The topological polar surface area (TPSA) is 102 Å². The molecule has 0 aromatic heterocycles. The van der Waals surface area contributed by atoms with Crippen LogP contribution < -0.4 is 15.0 Å². The van der Waals surface area contributed by atoms with Crippen molar-refractivity contribution in [3.63, 3.8) is 0 Å². The molecule has 0 atom stereocenters. The monoisotopic (exact) mass is 610 g/mol. The normalized spacial score (nSPS) is 14.4. The summed E-state index contributed by atoms with van der Waals surface area (Å²) in [6, 6.07) is 15.9. The number of carbonyl (C=O) groups is 4. The van der Waals surface area contributed by atoms with E-state index in [4.69, 9.17) is 21.1 Å². The molecule has 4 amide bonds. The van der Waals surface area contributed by atoms with Crippen LogP contribution in [0.3, 0.4) is 0 Å². The van der Waals surface area contributed by atoms with Crippen LogP contribution in [0.5, 0.6) is 5.75 Å². The molecule has 8 nitrogen and oxygen atoms in total. The maximum absolute atomic E-state index is 13.3. The van der Waals surface area contributed by atoms with Crippen LogP contribution in [0.1, 0.15) is 40.9 Å². The molecular formula is C29H24BrClN2O6. The van der Waals surface area contributed by atoms with Crippen molar-refractivity contribution < 1.29 is 28.7 Å². The van der Waals surface area contributed by atoms with Crippen LogP contribution in [0.15, 0.2) is 70.7 Å². The molecule has 39 heavy (non-hydrogen) atoms. The van der Waals surface area contributed by atoms with Gasteiger partial charge in [-0.15, -0.1) is 0 Å². The number of anilines is 1. The van der Waals surface area contributed by atoms with Gasteiger partial charge in [0.25, 0.3) is 11.8 Å². The number of esters is 1. The van der Waals surface area contributed by atoms with Crippen molar-refractivity contribution in [2.75, 3.05) is 18.1 Å². The highest BCUT2D eigenvalue weighted by molar-refractivity contribution is 9.10. The lowest BCUT2D eigenvalue weighted by Crippen LogP contribution is -2.54. The molecule has 1 heterocycles. The molecule has 0 bridgehead atoms. The summed E-state index contributed by atoms with van der Waals surface area (Å²) in [6.45, 7) is 4.12. The number of halogens is 2. The van der Waals surface area contributed by atoms with E-state index in [1.807, 2.05) is 31.2 Å². The average Bonchev–Trinajstić information content (AvgIpc) is 2.90. The Kier molecular flexibility index (Phi) is 8.83. The number of rotatable bonds is 8. The van der Waals surface area contributed by atoms with E-state index >= 15 is 0 Å². The standard InChI is InChI=1S/C29H24BrClN2O6/c1-3-38-25-15-17(14-24(31)21(25)16-19-7-5-6-8-23(19)30)13-22-26(34)32-29(37)33(27(22)35)20-11-9-18(10-12-20)28(36)39-4-2/h5-15H,3-4,16H2,1-2H3,(H,32,34,37)/b22-13+. The lowest BCUT2D eigenvalue weighted by molar-refractivity contribution is -0.122. The van der Waals surface area contributed by atoms with Gasteiger partial charge in [-0.05, 0) is 73.5 Å². The summed E-state index contributed by atoms with van der Waals surface area (Å²) in [5.74, 6) is -1.67. The van der Waals surface area contributed by atoms with Gasteiger partial charge in [0, 0.05) is 21.5 Å². The van der Waals surface area contributed by atoms with Crippen molar-refractivity contribution in [2.45, 2.75) is 20.3 Å². The van der Waals surface area contributed by atoms with Gasteiger partial charge in [0.2, 0.25) is 0 Å². The van der Waals surface area contributed by atoms with Crippen molar-refractivity contribution >= 4 is 63.1 Å². The zero-order chi connectivity index (χ0) is 28.1. The van der Waals surface area contributed by atoms with Crippen molar-refractivity contribution in [3.05, 3.63) is 98.0 Å². The van der Waals surface area contributed by atoms with Crippen molar-refractivity contribution in [3.8, 4) is 5.75 Å². The fraction of sp³-hybridized carbons (Fsp3) is 0.172. The first kappa shape index (κ1) is 28.1. The molecule has 0 spiro atoms. The second kappa shape index (κ2) is 12.3. The van der Waals surface area contributed by atoms with Crippen LogP contribution >= 0.6 is 27.5 Å². The lowest BCUT2D eigenvalue weighted by Gasteiger charge is -2.26. The molecule has 1 aliphatic heterocycles. The maximum Gasteiger partial charge on any atom is 0.338 e. The van der Waals surface area contributed by atoms with Gasteiger partial charge in [0.15, 0.2) is 0 Å². The molecule has 1 saturated heterocycles. The zero-order valence-corrected chi connectivity index (χ0v) is 23.5. The minimum atomic E-state index is -0.900. The molecule has 0 aliphatic carbocycles. The number of hydrogen-bond donors (Lipinski definition) is 1. The number of ether oxygens (including phenoxy) is 2. The minimum Gasteiger partial charge on any atom is -0.494 e. The SMILES string of the molecule is CCOC(=O)c1ccc(N2C(=O)NC(=O)/C(=C\c3cc(Cl)c(Cc4ccccc4Br)c(OCC)c3)C2=O)cc1. The highest BCUT2D eigenvalue weighted by atomic mass is 79.9. The first-order valence-electron chi connectivity index (χ1n) is 12.1. The number of barbiturate groups is 1. The predicted octanol–water partition coefficient (Wildman–Crippen LogP) is 5.94. The molecule has 3 aromatic rings. The van der Waals surface area contributed by atoms with Gasteiger partial charge in [-0.3, -0.25) is 14.9 Å². The molecule has 0 unspecified atom stereocenters. The Bertz CT molecular complexity index is 1490. The predicted molar refractivity (Wildman–Crippen MR) is 151 cm³/mol. The number of amides is 4. The fourth-order valence-corrected chi connectivity index (χ4v) is 4.73. The average molecular weight is 612 g/mol. The van der Waals surface area contributed by atoms with Gasteiger partial charge >= 0.3 is 12.0 Å². The number of benzene rings is 3. The first-order valence-corrected chi connectivity index (χ1v) is 13.3. The molecule has 1 fully saturated rings. The Hall–Kier alpha value is -3.95. The van der Waals surface area contributed by atoms with E-state index < -0.39 is 23.8 Å². The van der Waals surface area contributed by atoms with Gasteiger partial charge in [-0.1, -0.05) is 45.7 Å². The summed E-state index contributed by atoms with van der Waals surface area (Å²) >= 11 is 10.2. The molecule has 0 saturated carbocycles. The lowest BCUT2D eigenvalue weighted by atomic mass is 10.00. The van der Waals surface area contributed by atoms with Crippen LogP contribution in [0, 0.1) is 0 Å². The second-order valence-corrected chi connectivity index (χ2v) is 9.67. The number of carbonyl (C=O) groups excluding carboxylic acids is 4. The fourth-order valence-electron chi connectivity index (χ4n) is 4.02. The van der Waals surface area contributed by atoms with Gasteiger partial charge in [0.1, 0.15) is 11.3 Å². The third-order valence-electron chi connectivity index (χ3n) is 5.85. The van der Waals surface area contributed by atoms with Crippen LogP contribution in [-0.4, -0.2) is 37.0 Å². The van der Waals surface area contributed by atoms with Gasteiger partial charge in [-0.25, -0.2) is 14.5 Å². The largest absolute Gasteiger partial charge is 0.494 e.